The van der Waals surface area contributed by atoms with E-state index in [0.717, 1.165) is 70.6 Å². The molecule has 0 aromatic carbocycles. The van der Waals surface area contributed by atoms with E-state index in [4.69, 9.17) is 14.2 Å². The van der Waals surface area contributed by atoms with E-state index in [1.54, 1.807) is 0 Å². The monoisotopic (exact) mass is 1140 g/mol. The number of allylic oxidation sites excluding steroid dienone is 6. The predicted molar refractivity (Wildman–Crippen MR) is 353 cm³/mol. The lowest BCUT2D eigenvalue weighted by molar-refractivity contribution is -0.167. The summed E-state index contributed by atoms with van der Waals surface area (Å²) < 4.78 is 17.0. The van der Waals surface area contributed by atoms with Crippen molar-refractivity contribution >= 4 is 17.9 Å². The van der Waals surface area contributed by atoms with Gasteiger partial charge in [-0.15, -0.1) is 0 Å². The number of hydrogen-bond acceptors (Lipinski definition) is 6. The zero-order valence-electron chi connectivity index (χ0n) is 54.8. The molecular weight excluding hydrogens is 997 g/mol. The van der Waals surface area contributed by atoms with Gasteiger partial charge in [0.2, 0.25) is 0 Å². The van der Waals surface area contributed by atoms with Crippen molar-refractivity contribution in [3.05, 3.63) is 36.5 Å². The van der Waals surface area contributed by atoms with Crippen molar-refractivity contribution in [2.24, 2.45) is 0 Å². The first-order chi connectivity index (χ1) is 40.0. The Morgan fingerprint density at radius 1 is 0.247 bits per heavy atom. The van der Waals surface area contributed by atoms with E-state index >= 15 is 0 Å². The van der Waals surface area contributed by atoms with Crippen LogP contribution >= 0.6 is 0 Å². The van der Waals surface area contributed by atoms with Crippen molar-refractivity contribution in [1.29, 1.82) is 0 Å². The van der Waals surface area contributed by atoms with Gasteiger partial charge in [-0.25, -0.2) is 0 Å². The Labute approximate surface area is 506 Å². The van der Waals surface area contributed by atoms with Crippen molar-refractivity contribution < 1.29 is 28.6 Å². The topological polar surface area (TPSA) is 78.9 Å². The number of unbranched alkanes of at least 4 members (excludes halogenated alkanes) is 51. The zero-order valence-corrected chi connectivity index (χ0v) is 54.8. The number of hydrogen-bond donors (Lipinski definition) is 0. The van der Waals surface area contributed by atoms with E-state index < -0.39 is 6.10 Å². The Morgan fingerprint density at radius 3 is 0.691 bits per heavy atom. The standard InChI is InChI=1S/C75H140O6/c1-4-7-10-13-16-19-22-25-28-31-32-33-34-35-36-37-38-39-40-41-42-43-44-45-48-50-53-56-59-62-65-68-74(77)80-71-72(81-75(78)69-66-63-60-57-54-51-47-30-27-24-21-18-15-12-9-6-3)70-79-73(76)67-64-61-58-55-52-49-46-29-26-23-20-17-14-11-8-5-2/h22,25,30-32,47,72H,4-21,23-24,26-29,33-46,48-71H2,1-3H3/b25-22-,32-31-,47-30-. The second-order valence-electron chi connectivity index (χ2n) is 24.9. The highest BCUT2D eigenvalue weighted by atomic mass is 16.6. The molecule has 0 radical (unpaired) electrons. The molecule has 1 atom stereocenters. The third-order valence-corrected chi connectivity index (χ3v) is 16.6. The molecule has 0 aliphatic carbocycles. The maximum atomic E-state index is 12.9. The van der Waals surface area contributed by atoms with Gasteiger partial charge in [0.05, 0.1) is 0 Å². The van der Waals surface area contributed by atoms with E-state index in [2.05, 4.69) is 57.2 Å². The van der Waals surface area contributed by atoms with E-state index in [1.165, 1.54) is 295 Å². The Hall–Kier alpha value is -2.37. The van der Waals surface area contributed by atoms with Crippen LogP contribution in [-0.4, -0.2) is 37.2 Å². The molecule has 0 heterocycles. The van der Waals surface area contributed by atoms with Crippen LogP contribution in [0.25, 0.3) is 0 Å². The lowest BCUT2D eigenvalue weighted by Gasteiger charge is -2.18. The van der Waals surface area contributed by atoms with E-state index in [1.807, 2.05) is 0 Å². The molecule has 0 spiro atoms. The summed E-state index contributed by atoms with van der Waals surface area (Å²) in [6.07, 6.45) is 87.6. The third kappa shape index (κ3) is 68.3. The fourth-order valence-electron chi connectivity index (χ4n) is 11.1. The van der Waals surface area contributed by atoms with Crippen LogP contribution in [0.2, 0.25) is 0 Å². The Kier molecular flexibility index (Phi) is 68.1. The number of carbonyl (C=O) groups is 3. The molecule has 0 bridgehead atoms. The average Bonchev–Trinajstić information content (AvgIpc) is 3.47. The van der Waals surface area contributed by atoms with Gasteiger partial charge in [0.15, 0.2) is 6.10 Å². The molecule has 0 saturated heterocycles. The molecule has 0 aliphatic heterocycles. The Balaban J connectivity index is 4.17. The van der Waals surface area contributed by atoms with E-state index in [0.29, 0.717) is 19.3 Å². The Bertz CT molecular complexity index is 1350. The van der Waals surface area contributed by atoms with Crippen LogP contribution in [0.15, 0.2) is 36.5 Å². The summed E-state index contributed by atoms with van der Waals surface area (Å²) in [4.78, 5) is 38.4. The molecule has 0 N–H and O–H groups in total. The second-order valence-corrected chi connectivity index (χ2v) is 24.9. The van der Waals surface area contributed by atoms with Crippen LogP contribution < -0.4 is 0 Å². The SMILES string of the molecule is CCCCCCC/C=C\C/C=C\CCCCCCCCCCCCCCCCCCCCCC(=O)OCC(COC(=O)CCCCCCCCCCCCCCCCCC)OC(=O)CCCCCCC/C=C\CCCCCCCCC. The van der Waals surface area contributed by atoms with Gasteiger partial charge in [-0.2, -0.15) is 0 Å². The van der Waals surface area contributed by atoms with Crippen LogP contribution in [0, 0.1) is 0 Å². The number of ether oxygens (including phenoxy) is 3. The molecule has 0 fully saturated rings. The van der Waals surface area contributed by atoms with Gasteiger partial charge in [0, 0.05) is 19.3 Å². The van der Waals surface area contributed by atoms with Crippen LogP contribution in [0.5, 0.6) is 0 Å². The molecule has 0 aliphatic rings. The summed E-state index contributed by atoms with van der Waals surface area (Å²) in [6.45, 7) is 6.70. The smallest absolute Gasteiger partial charge is 0.306 e. The lowest BCUT2D eigenvalue weighted by Crippen LogP contribution is -2.30. The predicted octanol–water partition coefficient (Wildman–Crippen LogP) is 25.1. The lowest BCUT2D eigenvalue weighted by atomic mass is 10.0. The molecule has 0 amide bonds. The van der Waals surface area contributed by atoms with E-state index in [-0.39, 0.29) is 31.1 Å². The zero-order chi connectivity index (χ0) is 58.5. The summed E-state index contributed by atoms with van der Waals surface area (Å²) in [6, 6.07) is 0. The fraction of sp³-hybridized carbons (Fsp3) is 0.880. The minimum absolute atomic E-state index is 0.0690. The van der Waals surface area contributed by atoms with Crippen molar-refractivity contribution in [1.82, 2.24) is 0 Å². The summed E-state index contributed by atoms with van der Waals surface area (Å²) in [5, 5.41) is 0. The fourth-order valence-corrected chi connectivity index (χ4v) is 11.1. The maximum absolute atomic E-state index is 12.9. The highest BCUT2D eigenvalue weighted by molar-refractivity contribution is 5.71. The van der Waals surface area contributed by atoms with Gasteiger partial charge >= 0.3 is 17.9 Å². The van der Waals surface area contributed by atoms with Crippen LogP contribution in [0.1, 0.15) is 406 Å². The molecule has 0 aromatic heterocycles. The highest BCUT2D eigenvalue weighted by Gasteiger charge is 2.19. The van der Waals surface area contributed by atoms with Gasteiger partial charge in [0.1, 0.15) is 13.2 Å². The van der Waals surface area contributed by atoms with Crippen molar-refractivity contribution in [3.8, 4) is 0 Å². The molecule has 81 heavy (non-hydrogen) atoms. The molecule has 476 valence electrons. The number of carbonyl (C=O) groups excluding carboxylic acids is 3. The first kappa shape index (κ1) is 78.6. The normalized spacial score (nSPS) is 12.2. The van der Waals surface area contributed by atoms with Gasteiger partial charge in [0.25, 0.3) is 0 Å². The largest absolute Gasteiger partial charge is 0.462 e. The summed E-state index contributed by atoms with van der Waals surface area (Å²) >= 11 is 0. The highest BCUT2D eigenvalue weighted by Crippen LogP contribution is 2.19. The second kappa shape index (κ2) is 70.1. The number of rotatable bonds is 68. The molecule has 6 heteroatoms. The summed E-state index contributed by atoms with van der Waals surface area (Å²) in [5.74, 6) is -0.846. The number of esters is 3. The van der Waals surface area contributed by atoms with Crippen molar-refractivity contribution in [2.75, 3.05) is 13.2 Å². The van der Waals surface area contributed by atoms with Gasteiger partial charge in [-0.1, -0.05) is 346 Å². The first-order valence-electron chi connectivity index (χ1n) is 36.5. The minimum atomic E-state index is -0.774. The molecule has 6 nitrogen and oxygen atoms in total. The van der Waals surface area contributed by atoms with Gasteiger partial charge < -0.3 is 14.2 Å². The van der Waals surface area contributed by atoms with Crippen LogP contribution in [-0.2, 0) is 28.6 Å². The van der Waals surface area contributed by atoms with Crippen LogP contribution in [0.4, 0.5) is 0 Å². The molecule has 0 saturated carbocycles. The molecule has 0 rings (SSSR count). The Morgan fingerprint density at radius 2 is 0.444 bits per heavy atom. The average molecular weight is 1140 g/mol. The maximum Gasteiger partial charge on any atom is 0.306 e. The van der Waals surface area contributed by atoms with Crippen molar-refractivity contribution in [3.63, 3.8) is 0 Å². The van der Waals surface area contributed by atoms with Crippen molar-refractivity contribution in [2.45, 2.75) is 412 Å². The first-order valence-corrected chi connectivity index (χ1v) is 36.5. The summed E-state index contributed by atoms with van der Waals surface area (Å²) in [5.41, 5.74) is 0. The third-order valence-electron chi connectivity index (χ3n) is 16.6. The minimum Gasteiger partial charge on any atom is -0.462 e. The quantitative estimate of drug-likeness (QED) is 0.0261. The molecule has 0 aromatic rings. The van der Waals surface area contributed by atoms with E-state index in [9.17, 15) is 14.4 Å². The molecular formula is C75H140O6. The summed E-state index contributed by atoms with van der Waals surface area (Å²) in [7, 11) is 0. The van der Waals surface area contributed by atoms with Gasteiger partial charge in [-0.05, 0) is 77.0 Å². The van der Waals surface area contributed by atoms with Crippen LogP contribution in [0.3, 0.4) is 0 Å². The van der Waals surface area contributed by atoms with Gasteiger partial charge in [-0.3, -0.25) is 14.4 Å². The molecule has 1 unspecified atom stereocenters.